The fourth-order valence-electron chi connectivity index (χ4n) is 2.57. The van der Waals surface area contributed by atoms with E-state index in [1.165, 1.54) is 6.07 Å². The topological polar surface area (TPSA) is 49.5 Å². The zero-order valence-corrected chi connectivity index (χ0v) is 10.6. The summed E-state index contributed by atoms with van der Waals surface area (Å²) in [4.78, 5) is 2.21. The van der Waals surface area contributed by atoms with Gasteiger partial charge in [-0.1, -0.05) is 0 Å². The molecule has 0 radical (unpaired) electrons. The first-order valence-electron chi connectivity index (χ1n) is 6.61. The van der Waals surface area contributed by atoms with Crippen molar-refractivity contribution in [3.63, 3.8) is 0 Å². The lowest BCUT2D eigenvalue weighted by Gasteiger charge is -2.33. The molecule has 0 aromatic heterocycles. The number of anilines is 2. The lowest BCUT2D eigenvalue weighted by molar-refractivity contribution is 0.261. The average molecular weight is 252 g/mol. The second-order valence-electron chi connectivity index (χ2n) is 5.00. The Morgan fingerprint density at radius 3 is 2.67 bits per heavy atom. The van der Waals surface area contributed by atoms with Crippen LogP contribution in [-0.2, 0) is 0 Å². The van der Waals surface area contributed by atoms with Crippen LogP contribution >= 0.6 is 0 Å². The Morgan fingerprint density at radius 2 is 2.06 bits per heavy atom. The van der Waals surface area contributed by atoms with Gasteiger partial charge in [-0.15, -0.1) is 0 Å². The Kier molecular flexibility index (Phi) is 4.42. The fraction of sp³-hybridized carbons (Fsp3) is 0.571. The van der Waals surface area contributed by atoms with Crippen molar-refractivity contribution < 1.29 is 9.50 Å². The van der Waals surface area contributed by atoms with Crippen LogP contribution in [0.2, 0.25) is 0 Å². The summed E-state index contributed by atoms with van der Waals surface area (Å²) in [6.07, 6.45) is 4.22. The summed E-state index contributed by atoms with van der Waals surface area (Å²) in [6.45, 7) is 2.20. The van der Waals surface area contributed by atoms with E-state index in [2.05, 4.69) is 4.90 Å². The molecule has 0 atom stereocenters. The minimum Gasteiger partial charge on any atom is -0.396 e. The van der Waals surface area contributed by atoms with Crippen molar-refractivity contribution in [2.45, 2.75) is 25.7 Å². The van der Waals surface area contributed by atoms with Crippen LogP contribution in [-0.4, -0.2) is 24.8 Å². The Labute approximate surface area is 107 Å². The minimum absolute atomic E-state index is 0.205. The summed E-state index contributed by atoms with van der Waals surface area (Å²) in [5.41, 5.74) is 6.60. The molecule has 100 valence electrons. The molecule has 1 saturated heterocycles. The number of nitrogen functional groups attached to an aromatic ring is 1. The zero-order chi connectivity index (χ0) is 13.0. The maximum atomic E-state index is 13.4. The third kappa shape index (κ3) is 3.13. The first-order valence-corrected chi connectivity index (χ1v) is 6.61. The van der Waals surface area contributed by atoms with Gasteiger partial charge in [-0.3, -0.25) is 0 Å². The van der Waals surface area contributed by atoms with Crippen molar-refractivity contribution in [1.82, 2.24) is 0 Å². The number of benzene rings is 1. The Hall–Kier alpha value is -1.29. The second kappa shape index (κ2) is 6.05. The molecule has 2 rings (SSSR count). The molecular formula is C14H21FN2O. The molecule has 0 saturated carbocycles. The number of hydrogen-bond acceptors (Lipinski definition) is 3. The van der Waals surface area contributed by atoms with Crippen LogP contribution in [0.15, 0.2) is 18.2 Å². The van der Waals surface area contributed by atoms with E-state index in [-0.39, 0.29) is 18.1 Å². The van der Waals surface area contributed by atoms with Crippen LogP contribution < -0.4 is 10.6 Å². The summed E-state index contributed by atoms with van der Waals surface area (Å²) in [5.74, 6) is 0.363. The molecule has 1 heterocycles. The Morgan fingerprint density at radius 1 is 1.33 bits per heavy atom. The molecule has 3 nitrogen and oxygen atoms in total. The SMILES string of the molecule is Nc1ccc(N2CCC(CCCO)CC2)cc1F. The van der Waals surface area contributed by atoms with Crippen LogP contribution in [0.1, 0.15) is 25.7 Å². The van der Waals surface area contributed by atoms with E-state index in [9.17, 15) is 4.39 Å². The molecule has 4 heteroatoms. The Balaban J connectivity index is 1.90. The van der Waals surface area contributed by atoms with Crippen LogP contribution in [0.5, 0.6) is 0 Å². The maximum Gasteiger partial charge on any atom is 0.148 e. The largest absolute Gasteiger partial charge is 0.396 e. The van der Waals surface area contributed by atoms with Crippen LogP contribution in [0.4, 0.5) is 15.8 Å². The molecule has 1 aromatic carbocycles. The van der Waals surface area contributed by atoms with Gasteiger partial charge in [-0.2, -0.15) is 0 Å². The fourth-order valence-corrected chi connectivity index (χ4v) is 2.57. The third-order valence-corrected chi connectivity index (χ3v) is 3.73. The molecule has 3 N–H and O–H groups in total. The number of nitrogens with two attached hydrogens (primary N) is 1. The van der Waals surface area contributed by atoms with E-state index in [0.29, 0.717) is 5.92 Å². The molecule has 1 aliphatic heterocycles. The molecular weight excluding hydrogens is 231 g/mol. The predicted molar refractivity (Wildman–Crippen MR) is 72.1 cm³/mol. The van der Waals surface area contributed by atoms with Gasteiger partial charge in [-0.25, -0.2) is 4.39 Å². The van der Waals surface area contributed by atoms with Gasteiger partial charge in [0.2, 0.25) is 0 Å². The first-order chi connectivity index (χ1) is 8.70. The highest BCUT2D eigenvalue weighted by Crippen LogP contribution is 2.27. The molecule has 0 amide bonds. The number of hydrogen-bond donors (Lipinski definition) is 2. The van der Waals surface area contributed by atoms with Gasteiger partial charge < -0.3 is 15.7 Å². The van der Waals surface area contributed by atoms with Crippen molar-refractivity contribution >= 4 is 11.4 Å². The van der Waals surface area contributed by atoms with E-state index in [1.807, 2.05) is 6.07 Å². The smallest absolute Gasteiger partial charge is 0.148 e. The number of nitrogens with zero attached hydrogens (tertiary/aromatic N) is 1. The van der Waals surface area contributed by atoms with Gasteiger partial charge in [-0.05, 0) is 49.8 Å². The zero-order valence-electron chi connectivity index (χ0n) is 10.6. The molecule has 1 aromatic rings. The number of aliphatic hydroxyl groups is 1. The monoisotopic (exact) mass is 252 g/mol. The summed E-state index contributed by atoms with van der Waals surface area (Å²) >= 11 is 0. The molecule has 0 aliphatic carbocycles. The van der Waals surface area contributed by atoms with Gasteiger partial charge in [0, 0.05) is 25.4 Å². The van der Waals surface area contributed by atoms with Crippen LogP contribution in [0, 0.1) is 11.7 Å². The highest BCUT2D eigenvalue weighted by Gasteiger charge is 2.19. The van der Waals surface area contributed by atoms with Gasteiger partial charge in [0.25, 0.3) is 0 Å². The summed E-state index contributed by atoms with van der Waals surface area (Å²) in [5, 5.41) is 8.82. The highest BCUT2D eigenvalue weighted by atomic mass is 19.1. The number of piperidine rings is 1. The van der Waals surface area contributed by atoms with Gasteiger partial charge in [0.15, 0.2) is 0 Å². The molecule has 0 spiro atoms. The molecule has 1 fully saturated rings. The number of aliphatic hydroxyl groups excluding tert-OH is 1. The highest BCUT2D eigenvalue weighted by molar-refractivity contribution is 5.54. The molecule has 0 unspecified atom stereocenters. The van der Waals surface area contributed by atoms with Crippen molar-refractivity contribution in [3.8, 4) is 0 Å². The van der Waals surface area contributed by atoms with E-state index < -0.39 is 0 Å². The third-order valence-electron chi connectivity index (χ3n) is 3.73. The quantitative estimate of drug-likeness (QED) is 0.809. The normalized spacial score (nSPS) is 17.1. The Bertz CT molecular complexity index is 389. The van der Waals surface area contributed by atoms with Gasteiger partial charge in [0.05, 0.1) is 5.69 Å². The lowest BCUT2D eigenvalue weighted by atomic mass is 9.92. The predicted octanol–water partition coefficient (Wildman–Crippen LogP) is 2.40. The van der Waals surface area contributed by atoms with E-state index in [1.54, 1.807) is 6.07 Å². The molecule has 1 aliphatic rings. The van der Waals surface area contributed by atoms with E-state index in [4.69, 9.17) is 10.8 Å². The minimum atomic E-state index is -0.338. The van der Waals surface area contributed by atoms with Crippen molar-refractivity contribution in [2.75, 3.05) is 30.3 Å². The molecule has 0 bridgehead atoms. The lowest BCUT2D eigenvalue weighted by Crippen LogP contribution is -2.33. The second-order valence-corrected chi connectivity index (χ2v) is 5.00. The van der Waals surface area contributed by atoms with Crippen LogP contribution in [0.25, 0.3) is 0 Å². The van der Waals surface area contributed by atoms with Crippen molar-refractivity contribution in [1.29, 1.82) is 0 Å². The first kappa shape index (κ1) is 13.1. The van der Waals surface area contributed by atoms with E-state index >= 15 is 0 Å². The van der Waals surface area contributed by atoms with E-state index in [0.717, 1.165) is 44.5 Å². The average Bonchev–Trinajstić information content (AvgIpc) is 2.40. The van der Waals surface area contributed by atoms with Gasteiger partial charge >= 0.3 is 0 Å². The van der Waals surface area contributed by atoms with Crippen molar-refractivity contribution in [3.05, 3.63) is 24.0 Å². The van der Waals surface area contributed by atoms with Gasteiger partial charge in [0.1, 0.15) is 5.82 Å². The summed E-state index contributed by atoms with van der Waals surface area (Å²) in [7, 11) is 0. The number of rotatable bonds is 4. The number of halogens is 1. The van der Waals surface area contributed by atoms with Crippen LogP contribution in [0.3, 0.4) is 0 Å². The summed E-state index contributed by atoms with van der Waals surface area (Å²) < 4.78 is 13.4. The van der Waals surface area contributed by atoms with Crippen molar-refractivity contribution in [2.24, 2.45) is 5.92 Å². The molecule has 18 heavy (non-hydrogen) atoms. The standard InChI is InChI=1S/C14H21FN2O/c15-13-10-12(3-4-14(13)16)17-7-5-11(6-8-17)2-1-9-18/h3-4,10-11,18H,1-2,5-9,16H2. The summed E-state index contributed by atoms with van der Waals surface area (Å²) in [6, 6.07) is 5.03. The maximum absolute atomic E-state index is 13.4.